The quantitative estimate of drug-likeness (QED) is 0.902. The van der Waals surface area contributed by atoms with Crippen molar-refractivity contribution in [3.8, 4) is 0 Å². The Morgan fingerprint density at radius 3 is 2.85 bits per heavy atom. The molecule has 5 unspecified atom stereocenters. The van der Waals surface area contributed by atoms with Crippen LogP contribution in [0.5, 0.6) is 0 Å². The first-order chi connectivity index (χ1) is 9.67. The van der Waals surface area contributed by atoms with Gasteiger partial charge in [-0.1, -0.05) is 33.6 Å². The molecule has 1 aromatic rings. The van der Waals surface area contributed by atoms with Gasteiger partial charge < -0.3 is 4.90 Å². The minimum atomic E-state index is -0.0111. The molecule has 0 aromatic carbocycles. The minimum absolute atomic E-state index is 0.0111. The molecule has 1 saturated carbocycles. The van der Waals surface area contributed by atoms with E-state index in [1.165, 1.54) is 18.4 Å². The predicted octanol–water partition coefficient (Wildman–Crippen LogP) is 3.39. The van der Waals surface area contributed by atoms with E-state index >= 15 is 0 Å². The molecule has 20 heavy (non-hydrogen) atoms. The van der Waals surface area contributed by atoms with Gasteiger partial charge in [-0.15, -0.1) is 0 Å². The van der Waals surface area contributed by atoms with Crippen molar-refractivity contribution in [3.63, 3.8) is 0 Å². The van der Waals surface area contributed by atoms with Crippen molar-refractivity contribution in [1.82, 2.24) is 10.2 Å². The Kier molecular flexibility index (Phi) is 3.87. The molecule has 0 bridgehead atoms. The van der Waals surface area contributed by atoms with E-state index in [0.29, 0.717) is 23.8 Å². The fraction of sp³-hybridized carbons (Fsp3) is 0.688. The molecule has 1 N–H and O–H groups in total. The number of rotatable bonds is 5. The van der Waals surface area contributed by atoms with Crippen LogP contribution in [0.15, 0.2) is 16.8 Å². The number of nitrogens with zero attached hydrogens (tertiary/aromatic N) is 1. The second kappa shape index (κ2) is 5.49. The number of nitrogens with one attached hydrogen (secondary N) is 1. The van der Waals surface area contributed by atoms with Crippen LogP contribution in [0.25, 0.3) is 0 Å². The van der Waals surface area contributed by atoms with Crippen LogP contribution >= 0.6 is 11.3 Å². The van der Waals surface area contributed by atoms with E-state index < -0.39 is 0 Å². The third-order valence-electron chi connectivity index (χ3n) is 4.97. The van der Waals surface area contributed by atoms with Crippen LogP contribution in [0.4, 0.5) is 0 Å². The molecular formula is C16H24N2OS. The predicted molar refractivity (Wildman–Crippen MR) is 82.5 cm³/mol. The van der Waals surface area contributed by atoms with Crippen LogP contribution in [0.2, 0.25) is 0 Å². The Morgan fingerprint density at radius 1 is 1.50 bits per heavy atom. The van der Waals surface area contributed by atoms with Crippen molar-refractivity contribution in [1.29, 1.82) is 0 Å². The summed E-state index contributed by atoms with van der Waals surface area (Å²) in [6.45, 7) is 6.56. The molecule has 1 saturated heterocycles. The van der Waals surface area contributed by atoms with Crippen LogP contribution in [0, 0.1) is 11.8 Å². The Balaban J connectivity index is 1.85. The summed E-state index contributed by atoms with van der Waals surface area (Å²) in [6.07, 6.45) is 3.49. The molecule has 1 amide bonds. The van der Waals surface area contributed by atoms with Gasteiger partial charge in [-0.3, -0.25) is 10.1 Å². The number of amides is 1. The second-order valence-corrected chi connectivity index (χ2v) is 6.99. The normalized spacial score (nSPS) is 34.5. The Bertz CT molecular complexity index is 473. The van der Waals surface area contributed by atoms with Crippen molar-refractivity contribution in [3.05, 3.63) is 22.4 Å². The average Bonchev–Trinajstić information content (AvgIpc) is 2.87. The van der Waals surface area contributed by atoms with Crippen LogP contribution in [0.3, 0.4) is 0 Å². The van der Waals surface area contributed by atoms with Gasteiger partial charge in [-0.2, -0.15) is 11.3 Å². The maximum absolute atomic E-state index is 12.8. The first kappa shape index (κ1) is 14.1. The Labute approximate surface area is 125 Å². The first-order valence-electron chi connectivity index (χ1n) is 7.77. The molecule has 1 aliphatic heterocycles. The monoisotopic (exact) mass is 292 g/mol. The van der Waals surface area contributed by atoms with Gasteiger partial charge in [-0.25, -0.2) is 0 Å². The fourth-order valence-electron chi connectivity index (χ4n) is 3.31. The molecule has 4 heteroatoms. The second-order valence-electron chi connectivity index (χ2n) is 6.21. The molecule has 2 fully saturated rings. The number of thiophene rings is 1. The van der Waals surface area contributed by atoms with Crippen molar-refractivity contribution >= 4 is 17.2 Å². The lowest BCUT2D eigenvalue weighted by atomic mass is 9.99. The molecule has 5 atom stereocenters. The largest absolute Gasteiger partial charge is 0.318 e. The van der Waals surface area contributed by atoms with Crippen LogP contribution in [-0.2, 0) is 4.79 Å². The number of hydrogen-bond acceptors (Lipinski definition) is 3. The van der Waals surface area contributed by atoms with Crippen molar-refractivity contribution < 1.29 is 4.79 Å². The highest BCUT2D eigenvalue weighted by atomic mass is 32.1. The Morgan fingerprint density at radius 2 is 2.30 bits per heavy atom. The third kappa shape index (κ3) is 2.29. The van der Waals surface area contributed by atoms with Gasteiger partial charge in [0.25, 0.3) is 0 Å². The molecule has 1 aromatic heterocycles. The summed E-state index contributed by atoms with van der Waals surface area (Å²) in [5.74, 6) is 1.42. The van der Waals surface area contributed by atoms with Crippen molar-refractivity contribution in [2.45, 2.75) is 58.3 Å². The zero-order valence-corrected chi connectivity index (χ0v) is 13.3. The molecular weight excluding hydrogens is 268 g/mol. The summed E-state index contributed by atoms with van der Waals surface area (Å²) in [5.41, 5.74) is 1.25. The summed E-state index contributed by atoms with van der Waals surface area (Å²) < 4.78 is 0. The van der Waals surface area contributed by atoms with Crippen LogP contribution in [-0.4, -0.2) is 22.9 Å². The molecule has 2 heterocycles. The van der Waals surface area contributed by atoms with Crippen LogP contribution < -0.4 is 5.32 Å². The first-order valence-corrected chi connectivity index (χ1v) is 8.71. The molecule has 0 radical (unpaired) electrons. The highest BCUT2D eigenvalue weighted by Gasteiger charge is 2.52. The van der Waals surface area contributed by atoms with E-state index in [2.05, 4.69) is 47.8 Å². The lowest BCUT2D eigenvalue weighted by Gasteiger charge is -2.24. The number of carbonyl (C=O) groups is 1. The maximum Gasteiger partial charge on any atom is 0.241 e. The Hall–Kier alpha value is -0.870. The highest BCUT2D eigenvalue weighted by molar-refractivity contribution is 7.07. The number of carbonyl (C=O) groups excluding carboxylic acids is 1. The topological polar surface area (TPSA) is 32.3 Å². The smallest absolute Gasteiger partial charge is 0.241 e. The molecule has 110 valence electrons. The number of hydrogen-bond donors (Lipinski definition) is 1. The lowest BCUT2D eigenvalue weighted by molar-refractivity contribution is -0.131. The highest BCUT2D eigenvalue weighted by Crippen LogP contribution is 2.44. The van der Waals surface area contributed by atoms with Crippen molar-refractivity contribution in [2.75, 3.05) is 0 Å². The van der Waals surface area contributed by atoms with Gasteiger partial charge in [0.05, 0.1) is 6.04 Å². The zero-order chi connectivity index (χ0) is 14.3. The molecule has 3 nitrogen and oxygen atoms in total. The summed E-state index contributed by atoms with van der Waals surface area (Å²) >= 11 is 1.71. The van der Waals surface area contributed by atoms with Gasteiger partial charge in [-0.05, 0) is 40.6 Å². The van der Waals surface area contributed by atoms with E-state index in [4.69, 9.17) is 0 Å². The average molecular weight is 292 g/mol. The van der Waals surface area contributed by atoms with Gasteiger partial charge in [0, 0.05) is 6.04 Å². The molecule has 1 aliphatic carbocycles. The third-order valence-corrected chi connectivity index (χ3v) is 5.68. The minimum Gasteiger partial charge on any atom is -0.318 e. The molecule has 2 aliphatic rings. The standard InChI is InChI=1S/C16H24N2OS/c1-4-10(3)14-16(19)18(13-8-11(13)5-2)15(17-14)12-6-7-20-9-12/h6-7,9-11,13-15,17H,4-5,8H2,1-3H3. The van der Waals surface area contributed by atoms with E-state index in [-0.39, 0.29) is 12.2 Å². The van der Waals surface area contributed by atoms with E-state index in [1.54, 1.807) is 11.3 Å². The lowest BCUT2D eigenvalue weighted by Crippen LogP contribution is -2.36. The molecule has 3 rings (SSSR count). The van der Waals surface area contributed by atoms with Gasteiger partial charge in [0.1, 0.15) is 6.17 Å². The van der Waals surface area contributed by atoms with Gasteiger partial charge in [0.15, 0.2) is 0 Å². The SMILES string of the molecule is CCC(C)C1NC(c2ccsc2)N(C2CC2CC)C1=O. The van der Waals surface area contributed by atoms with E-state index in [0.717, 1.165) is 6.42 Å². The summed E-state index contributed by atoms with van der Waals surface area (Å²) in [6, 6.07) is 2.59. The van der Waals surface area contributed by atoms with E-state index in [1.807, 2.05) is 0 Å². The van der Waals surface area contributed by atoms with Gasteiger partial charge >= 0.3 is 0 Å². The maximum atomic E-state index is 12.8. The van der Waals surface area contributed by atoms with Crippen LogP contribution in [0.1, 0.15) is 51.8 Å². The summed E-state index contributed by atoms with van der Waals surface area (Å²) in [4.78, 5) is 15.0. The zero-order valence-electron chi connectivity index (χ0n) is 12.5. The fourth-order valence-corrected chi connectivity index (χ4v) is 3.99. The molecule has 0 spiro atoms. The van der Waals surface area contributed by atoms with Crippen molar-refractivity contribution in [2.24, 2.45) is 11.8 Å². The van der Waals surface area contributed by atoms with E-state index in [9.17, 15) is 4.79 Å². The van der Waals surface area contributed by atoms with Gasteiger partial charge in [0.2, 0.25) is 5.91 Å². The summed E-state index contributed by atoms with van der Waals surface area (Å²) in [7, 11) is 0. The summed E-state index contributed by atoms with van der Waals surface area (Å²) in [5, 5.41) is 7.86.